The topological polar surface area (TPSA) is 80.5 Å². The van der Waals surface area contributed by atoms with E-state index < -0.39 is 17.7 Å². The number of aliphatic hydroxyl groups is 1. The van der Waals surface area contributed by atoms with Gasteiger partial charge in [0.05, 0.1) is 49.9 Å². The van der Waals surface area contributed by atoms with Gasteiger partial charge in [0.1, 0.15) is 18.8 Å². The van der Waals surface area contributed by atoms with Gasteiger partial charge in [-0.3, -0.25) is 9.59 Å². The van der Waals surface area contributed by atoms with E-state index in [0.717, 1.165) is 25.2 Å². The highest BCUT2D eigenvalue weighted by Crippen LogP contribution is 2.39. The summed E-state index contributed by atoms with van der Waals surface area (Å²) in [6.45, 7) is 4.35. The first-order valence-electron chi connectivity index (χ1n) is 9.97. The smallest absolute Gasteiger partial charge is 0.290 e. The lowest BCUT2D eigenvalue weighted by molar-refractivity contribution is -0.907. The summed E-state index contributed by atoms with van der Waals surface area (Å²) in [6.07, 6.45) is 0. The fourth-order valence-electron chi connectivity index (χ4n) is 3.98. The molecular weight excluding hydrogens is 404 g/mol. The Morgan fingerprint density at radius 1 is 1.27 bits per heavy atom. The van der Waals surface area contributed by atoms with Gasteiger partial charge in [-0.25, -0.2) is 0 Å². The quantitative estimate of drug-likeness (QED) is 0.648. The molecule has 2 aliphatic heterocycles. The van der Waals surface area contributed by atoms with Crippen molar-refractivity contribution < 1.29 is 29.1 Å². The van der Waals surface area contributed by atoms with Gasteiger partial charge in [0.15, 0.2) is 5.76 Å². The van der Waals surface area contributed by atoms with Crippen LogP contribution in [0.1, 0.15) is 21.3 Å². The number of ether oxygens (including phenoxy) is 2. The molecule has 0 radical (unpaired) electrons. The third-order valence-corrected chi connectivity index (χ3v) is 6.50. The van der Waals surface area contributed by atoms with Gasteiger partial charge in [-0.05, 0) is 29.1 Å². The molecule has 2 aromatic rings. The Morgan fingerprint density at radius 2 is 2.00 bits per heavy atom. The second-order valence-electron chi connectivity index (χ2n) is 7.36. The van der Waals surface area contributed by atoms with Crippen LogP contribution in [0.25, 0.3) is 0 Å². The highest BCUT2D eigenvalue weighted by atomic mass is 32.1. The van der Waals surface area contributed by atoms with E-state index in [2.05, 4.69) is 0 Å². The molecule has 1 aromatic heterocycles. The highest BCUT2D eigenvalue weighted by Gasteiger charge is 2.44. The summed E-state index contributed by atoms with van der Waals surface area (Å²) < 4.78 is 10.6. The summed E-state index contributed by atoms with van der Waals surface area (Å²) in [5.41, 5.74) is 0.912. The van der Waals surface area contributed by atoms with Crippen LogP contribution >= 0.6 is 11.3 Å². The number of nitrogens with zero attached hydrogens (tertiary/aromatic N) is 1. The summed E-state index contributed by atoms with van der Waals surface area (Å²) >= 11 is 1.30. The van der Waals surface area contributed by atoms with E-state index in [1.807, 2.05) is 17.5 Å². The zero-order valence-electron chi connectivity index (χ0n) is 16.8. The van der Waals surface area contributed by atoms with Crippen molar-refractivity contribution >= 4 is 23.0 Å². The van der Waals surface area contributed by atoms with Crippen molar-refractivity contribution in [2.75, 3.05) is 46.5 Å². The second-order valence-corrected chi connectivity index (χ2v) is 8.30. The monoisotopic (exact) mass is 429 g/mol. The fourth-order valence-corrected chi connectivity index (χ4v) is 4.66. The molecule has 1 atom stereocenters. The van der Waals surface area contributed by atoms with Gasteiger partial charge in [0.2, 0.25) is 5.78 Å². The van der Waals surface area contributed by atoms with Crippen LogP contribution in [0, 0.1) is 0 Å². The molecule has 1 amide bonds. The van der Waals surface area contributed by atoms with E-state index in [0.29, 0.717) is 30.4 Å². The van der Waals surface area contributed by atoms with Crippen molar-refractivity contribution in [1.82, 2.24) is 4.90 Å². The van der Waals surface area contributed by atoms with Crippen molar-refractivity contribution in [1.29, 1.82) is 0 Å². The second kappa shape index (κ2) is 8.99. The van der Waals surface area contributed by atoms with E-state index in [9.17, 15) is 14.7 Å². The lowest BCUT2D eigenvalue weighted by Gasteiger charge is -2.30. The van der Waals surface area contributed by atoms with Gasteiger partial charge >= 0.3 is 0 Å². The molecule has 2 N–H and O–H groups in total. The van der Waals surface area contributed by atoms with Crippen LogP contribution in [0.15, 0.2) is 53.1 Å². The maximum atomic E-state index is 13.2. The van der Waals surface area contributed by atoms with Gasteiger partial charge in [-0.15, -0.1) is 11.3 Å². The molecule has 0 unspecified atom stereocenters. The molecule has 0 aliphatic carbocycles. The number of hydrogen-bond acceptors (Lipinski definition) is 6. The van der Waals surface area contributed by atoms with Gasteiger partial charge in [0.25, 0.3) is 5.91 Å². The van der Waals surface area contributed by atoms with Gasteiger partial charge < -0.3 is 24.4 Å². The Bertz CT molecular complexity index is 933. The van der Waals surface area contributed by atoms with E-state index in [1.54, 1.807) is 36.3 Å². The number of thiophene rings is 1. The van der Waals surface area contributed by atoms with Crippen LogP contribution in [-0.4, -0.2) is 68.2 Å². The van der Waals surface area contributed by atoms with E-state index in [1.165, 1.54) is 16.2 Å². The molecular formula is C22H25N2O5S+. The first-order chi connectivity index (χ1) is 14.6. The van der Waals surface area contributed by atoms with Crippen LogP contribution in [0.5, 0.6) is 5.75 Å². The van der Waals surface area contributed by atoms with Crippen molar-refractivity contribution in [2.45, 2.75) is 6.04 Å². The Balaban J connectivity index is 1.66. The zero-order valence-corrected chi connectivity index (χ0v) is 17.6. The number of benzene rings is 1. The molecule has 0 bridgehead atoms. The number of nitrogens with one attached hydrogen (secondary N) is 1. The molecule has 3 heterocycles. The number of carbonyl (C=O) groups excluding carboxylic acids is 2. The number of rotatable bonds is 7. The van der Waals surface area contributed by atoms with Crippen LogP contribution in [0.3, 0.4) is 0 Å². The third-order valence-electron chi connectivity index (χ3n) is 5.63. The molecule has 8 heteroatoms. The minimum atomic E-state index is -0.626. The number of quaternary nitrogens is 1. The van der Waals surface area contributed by atoms with E-state index >= 15 is 0 Å². The molecule has 158 valence electrons. The lowest BCUT2D eigenvalue weighted by atomic mass is 9.95. The summed E-state index contributed by atoms with van der Waals surface area (Å²) in [5.74, 6) is -0.570. The van der Waals surface area contributed by atoms with Crippen LogP contribution in [-0.2, 0) is 9.53 Å². The summed E-state index contributed by atoms with van der Waals surface area (Å²) in [5, 5.41) is 12.5. The maximum Gasteiger partial charge on any atom is 0.290 e. The predicted molar refractivity (Wildman–Crippen MR) is 112 cm³/mol. The normalized spacial score (nSPS) is 20.1. The predicted octanol–water partition coefficient (Wildman–Crippen LogP) is 1.25. The average molecular weight is 430 g/mol. The third kappa shape index (κ3) is 3.98. The Kier molecular flexibility index (Phi) is 6.17. The number of Topliss-reactive ketones (excluding diaryl/α,β-unsaturated/α-hetero) is 1. The Labute approximate surface area is 179 Å². The van der Waals surface area contributed by atoms with Crippen molar-refractivity contribution in [2.24, 2.45) is 0 Å². The van der Waals surface area contributed by atoms with Crippen molar-refractivity contribution in [3.63, 3.8) is 0 Å². The number of hydrogen-bond donors (Lipinski definition) is 2. The van der Waals surface area contributed by atoms with Gasteiger partial charge in [-0.2, -0.15) is 0 Å². The largest absolute Gasteiger partial charge is 0.503 e. The number of methoxy groups -OCH3 is 1. The van der Waals surface area contributed by atoms with E-state index in [4.69, 9.17) is 9.47 Å². The number of carbonyl (C=O) groups is 2. The summed E-state index contributed by atoms with van der Waals surface area (Å²) in [4.78, 5) is 29.6. The molecule has 0 spiro atoms. The standard InChI is InChI=1S/C22H24N2O5S/c1-28-16-6-4-15(5-7-16)19-18(20(25)17-3-2-14-30-17)21(26)22(27)24(19)9-8-23-10-12-29-13-11-23/h2-7,14,19,26H,8-13H2,1H3/p+1/t19-/m1/s1. The average Bonchev–Trinajstić information content (AvgIpc) is 3.41. The summed E-state index contributed by atoms with van der Waals surface area (Å²) in [6, 6.07) is 10.1. The van der Waals surface area contributed by atoms with Gasteiger partial charge in [-0.1, -0.05) is 18.2 Å². The zero-order chi connectivity index (χ0) is 21.1. The van der Waals surface area contributed by atoms with E-state index in [-0.39, 0.29) is 11.4 Å². The molecule has 1 saturated heterocycles. The maximum absolute atomic E-state index is 13.2. The van der Waals surface area contributed by atoms with Gasteiger partial charge in [0, 0.05) is 0 Å². The van der Waals surface area contributed by atoms with Crippen LogP contribution < -0.4 is 9.64 Å². The molecule has 30 heavy (non-hydrogen) atoms. The minimum Gasteiger partial charge on any atom is -0.503 e. The Hall–Kier alpha value is -2.68. The number of aliphatic hydroxyl groups excluding tert-OH is 1. The van der Waals surface area contributed by atoms with Crippen molar-refractivity contribution in [3.8, 4) is 5.75 Å². The lowest BCUT2D eigenvalue weighted by Crippen LogP contribution is -3.14. The number of morpholine rings is 1. The summed E-state index contributed by atoms with van der Waals surface area (Å²) in [7, 11) is 1.59. The molecule has 7 nitrogen and oxygen atoms in total. The minimum absolute atomic E-state index is 0.143. The molecule has 0 saturated carbocycles. The first kappa shape index (κ1) is 20.6. The Morgan fingerprint density at radius 3 is 2.63 bits per heavy atom. The number of ketones is 1. The molecule has 2 aliphatic rings. The van der Waals surface area contributed by atoms with Crippen molar-refractivity contribution in [3.05, 3.63) is 63.6 Å². The number of amides is 1. The first-order valence-corrected chi connectivity index (χ1v) is 10.9. The molecule has 1 fully saturated rings. The fraction of sp³-hybridized carbons (Fsp3) is 0.364. The SMILES string of the molecule is COc1ccc([C@@H]2C(C(=O)c3cccs3)=C(O)C(=O)N2CC[NH+]2CCOCC2)cc1. The molecule has 4 rings (SSSR count). The highest BCUT2D eigenvalue weighted by molar-refractivity contribution is 7.12. The van der Waals surface area contributed by atoms with Crippen LogP contribution in [0.4, 0.5) is 0 Å². The molecule has 1 aromatic carbocycles. The van der Waals surface area contributed by atoms with Crippen LogP contribution in [0.2, 0.25) is 0 Å².